The number of benzene rings is 2. The van der Waals surface area contributed by atoms with Gasteiger partial charge in [-0.15, -0.1) is 0 Å². The number of nitrogens with one attached hydrogen (secondary N) is 1. The molecule has 5 rings (SSSR count). The first kappa shape index (κ1) is 20.8. The third kappa shape index (κ3) is 3.25. The van der Waals surface area contributed by atoms with Crippen molar-refractivity contribution in [2.45, 2.75) is 19.5 Å². The molecule has 3 aromatic heterocycles. The van der Waals surface area contributed by atoms with E-state index in [-0.39, 0.29) is 28.2 Å². The molecule has 7 nitrogen and oxygen atoms in total. The Bertz CT molecular complexity index is 1550. The van der Waals surface area contributed by atoms with Gasteiger partial charge in [-0.05, 0) is 24.1 Å². The van der Waals surface area contributed by atoms with Crippen LogP contribution in [0.15, 0.2) is 57.7 Å². The van der Waals surface area contributed by atoms with Gasteiger partial charge in [-0.2, -0.15) is 22.8 Å². The van der Waals surface area contributed by atoms with Crippen molar-refractivity contribution in [2.24, 2.45) is 0 Å². The lowest BCUT2D eigenvalue weighted by molar-refractivity contribution is -0.140. The van der Waals surface area contributed by atoms with E-state index < -0.39 is 17.4 Å². The molecule has 5 aromatic rings. The Kier molecular flexibility index (Phi) is 4.73. The maximum atomic E-state index is 13.9. The fourth-order valence-electron chi connectivity index (χ4n) is 3.88. The summed E-state index contributed by atoms with van der Waals surface area (Å²) < 4.78 is 53.5. The SMILES string of the molecule is CCc1[nH]c2c(-c3ccccc3)c(C(F)(F)F)nn2c(=O)c1-c1nc2c(OC)cccc2o1. The van der Waals surface area contributed by atoms with Gasteiger partial charge in [0.2, 0.25) is 5.89 Å². The molecule has 0 fully saturated rings. The van der Waals surface area contributed by atoms with Crippen molar-refractivity contribution >= 4 is 16.7 Å². The van der Waals surface area contributed by atoms with Gasteiger partial charge in [0.25, 0.3) is 5.56 Å². The lowest BCUT2D eigenvalue weighted by Gasteiger charge is -2.08. The van der Waals surface area contributed by atoms with Crippen molar-refractivity contribution in [1.29, 1.82) is 0 Å². The number of nitrogens with zero attached hydrogens (tertiary/aromatic N) is 3. The maximum Gasteiger partial charge on any atom is 0.435 e. The molecule has 3 heterocycles. The predicted molar refractivity (Wildman–Crippen MR) is 115 cm³/mol. The van der Waals surface area contributed by atoms with E-state index in [9.17, 15) is 18.0 Å². The van der Waals surface area contributed by atoms with Crippen LogP contribution in [0.1, 0.15) is 18.3 Å². The van der Waals surface area contributed by atoms with E-state index in [4.69, 9.17) is 9.15 Å². The largest absolute Gasteiger partial charge is 0.494 e. The van der Waals surface area contributed by atoms with Gasteiger partial charge in [0.15, 0.2) is 16.8 Å². The van der Waals surface area contributed by atoms with Crippen LogP contribution < -0.4 is 10.3 Å². The van der Waals surface area contributed by atoms with E-state index in [0.717, 1.165) is 4.52 Å². The number of hydrogen-bond acceptors (Lipinski definition) is 5. The topological polar surface area (TPSA) is 85.4 Å². The molecule has 0 aliphatic carbocycles. The molecule has 0 saturated heterocycles. The molecule has 33 heavy (non-hydrogen) atoms. The number of alkyl halides is 3. The molecule has 1 N–H and O–H groups in total. The number of rotatable bonds is 4. The molecular formula is C23H17F3N4O3. The van der Waals surface area contributed by atoms with Crippen molar-refractivity contribution in [3.8, 4) is 28.3 Å². The Morgan fingerprint density at radius 3 is 2.52 bits per heavy atom. The van der Waals surface area contributed by atoms with Gasteiger partial charge in [0, 0.05) is 5.69 Å². The molecule has 0 aliphatic heterocycles. The number of aromatic nitrogens is 4. The normalized spacial score (nSPS) is 12.0. The minimum Gasteiger partial charge on any atom is -0.494 e. The molecule has 0 unspecified atom stereocenters. The van der Waals surface area contributed by atoms with Gasteiger partial charge in [-0.1, -0.05) is 43.3 Å². The van der Waals surface area contributed by atoms with Gasteiger partial charge >= 0.3 is 6.18 Å². The number of H-pyrrole nitrogens is 1. The molecule has 0 radical (unpaired) electrons. The van der Waals surface area contributed by atoms with Crippen LogP contribution in [0.25, 0.3) is 39.3 Å². The van der Waals surface area contributed by atoms with E-state index in [1.807, 2.05) is 0 Å². The maximum absolute atomic E-state index is 13.9. The van der Waals surface area contributed by atoms with E-state index in [0.29, 0.717) is 29.0 Å². The van der Waals surface area contributed by atoms with E-state index >= 15 is 0 Å². The zero-order chi connectivity index (χ0) is 23.3. The smallest absolute Gasteiger partial charge is 0.435 e. The summed E-state index contributed by atoms with van der Waals surface area (Å²) in [6, 6.07) is 13.1. The highest BCUT2D eigenvalue weighted by Gasteiger charge is 2.39. The van der Waals surface area contributed by atoms with Crippen LogP contribution in [-0.2, 0) is 12.6 Å². The lowest BCUT2D eigenvalue weighted by Crippen LogP contribution is -2.20. The first-order chi connectivity index (χ1) is 15.8. The molecule has 0 spiro atoms. The number of hydrogen-bond donors (Lipinski definition) is 1. The molecule has 0 atom stereocenters. The first-order valence-electron chi connectivity index (χ1n) is 10.1. The van der Waals surface area contributed by atoms with Crippen LogP contribution in [-0.4, -0.2) is 26.7 Å². The highest BCUT2D eigenvalue weighted by molar-refractivity contribution is 5.84. The number of halogens is 3. The fourth-order valence-corrected chi connectivity index (χ4v) is 3.88. The van der Waals surface area contributed by atoms with Gasteiger partial charge in [0.05, 0.1) is 12.7 Å². The number of fused-ring (bicyclic) bond motifs is 2. The fraction of sp³-hybridized carbons (Fsp3) is 0.174. The van der Waals surface area contributed by atoms with Crippen LogP contribution in [0.5, 0.6) is 5.75 Å². The number of methoxy groups -OCH3 is 1. The number of aryl methyl sites for hydroxylation is 1. The van der Waals surface area contributed by atoms with Crippen LogP contribution >= 0.6 is 0 Å². The summed E-state index contributed by atoms with van der Waals surface area (Å²) in [6.07, 6.45) is -4.45. The van der Waals surface area contributed by atoms with E-state index in [2.05, 4.69) is 15.1 Å². The zero-order valence-electron chi connectivity index (χ0n) is 17.5. The summed E-state index contributed by atoms with van der Waals surface area (Å²) in [5, 5.41) is 3.66. The molecular weight excluding hydrogens is 437 g/mol. The summed E-state index contributed by atoms with van der Waals surface area (Å²) in [5.74, 6) is 0.419. The Morgan fingerprint density at radius 2 is 1.85 bits per heavy atom. The van der Waals surface area contributed by atoms with Gasteiger partial charge < -0.3 is 14.1 Å². The average molecular weight is 454 g/mol. The standard InChI is InChI=1S/C23H17F3N4O3/c1-3-13-17(21-28-18-14(32-2)10-7-11-15(18)33-21)22(31)30-20(27-13)16(12-8-5-4-6-9-12)19(29-30)23(24,25)26/h4-11,27H,3H2,1-2H3. The van der Waals surface area contributed by atoms with Crippen LogP contribution in [0.2, 0.25) is 0 Å². The second kappa shape index (κ2) is 7.51. The van der Waals surface area contributed by atoms with Crippen molar-refractivity contribution in [2.75, 3.05) is 7.11 Å². The number of para-hydroxylation sites is 1. The summed E-state index contributed by atoms with van der Waals surface area (Å²) >= 11 is 0. The summed E-state index contributed by atoms with van der Waals surface area (Å²) in [4.78, 5) is 20.8. The summed E-state index contributed by atoms with van der Waals surface area (Å²) in [5.41, 5.74) is -0.696. The van der Waals surface area contributed by atoms with Crippen molar-refractivity contribution < 1.29 is 22.3 Å². The lowest BCUT2D eigenvalue weighted by atomic mass is 10.1. The Balaban J connectivity index is 1.85. The van der Waals surface area contributed by atoms with Crippen molar-refractivity contribution in [3.05, 3.63) is 70.3 Å². The zero-order valence-corrected chi connectivity index (χ0v) is 17.5. The summed E-state index contributed by atoms with van der Waals surface area (Å²) in [7, 11) is 1.48. The Morgan fingerprint density at radius 1 is 1.09 bits per heavy atom. The molecule has 0 amide bonds. The third-order valence-electron chi connectivity index (χ3n) is 5.36. The van der Waals surface area contributed by atoms with Gasteiger partial charge in [-0.25, -0.2) is 4.98 Å². The Hall–Kier alpha value is -4.08. The monoisotopic (exact) mass is 454 g/mol. The van der Waals surface area contributed by atoms with Crippen molar-refractivity contribution in [3.63, 3.8) is 0 Å². The molecule has 10 heteroatoms. The highest BCUT2D eigenvalue weighted by Crippen LogP contribution is 2.38. The van der Waals surface area contributed by atoms with E-state index in [1.165, 1.54) is 19.2 Å². The van der Waals surface area contributed by atoms with Gasteiger partial charge in [0.1, 0.15) is 17.0 Å². The average Bonchev–Trinajstić information content (AvgIpc) is 3.41. The molecule has 0 saturated carbocycles. The molecule has 0 aliphatic rings. The first-order valence-corrected chi connectivity index (χ1v) is 10.1. The van der Waals surface area contributed by atoms with Crippen LogP contribution in [0, 0.1) is 0 Å². The quantitative estimate of drug-likeness (QED) is 0.409. The highest BCUT2D eigenvalue weighted by atomic mass is 19.4. The summed E-state index contributed by atoms with van der Waals surface area (Å²) in [6.45, 7) is 1.78. The molecule has 0 bridgehead atoms. The number of oxazole rings is 1. The Labute approximate surface area is 184 Å². The van der Waals surface area contributed by atoms with Crippen LogP contribution in [0.3, 0.4) is 0 Å². The minimum atomic E-state index is -4.77. The van der Waals surface area contributed by atoms with Crippen LogP contribution in [0.4, 0.5) is 13.2 Å². The van der Waals surface area contributed by atoms with Gasteiger partial charge in [-0.3, -0.25) is 4.79 Å². The molecule has 2 aromatic carbocycles. The predicted octanol–water partition coefficient (Wildman–Crippen LogP) is 5.09. The second-order valence-electron chi connectivity index (χ2n) is 7.31. The minimum absolute atomic E-state index is 0.0130. The van der Waals surface area contributed by atoms with Crippen molar-refractivity contribution in [1.82, 2.24) is 19.6 Å². The number of ether oxygens (including phenoxy) is 1. The molecule has 168 valence electrons. The second-order valence-corrected chi connectivity index (χ2v) is 7.31. The van der Waals surface area contributed by atoms with E-state index in [1.54, 1.807) is 43.3 Å². The number of aromatic amines is 1. The third-order valence-corrected chi connectivity index (χ3v) is 5.36.